The highest BCUT2D eigenvalue weighted by atomic mass is 35.5. The fourth-order valence-electron chi connectivity index (χ4n) is 3.78. The van der Waals surface area contributed by atoms with Crippen molar-refractivity contribution >= 4 is 34.4 Å². The van der Waals surface area contributed by atoms with Crippen LogP contribution in [0.1, 0.15) is 31.1 Å². The van der Waals surface area contributed by atoms with E-state index in [1.807, 2.05) is 68.5 Å². The lowest BCUT2D eigenvalue weighted by atomic mass is 10.1. The molecule has 1 saturated carbocycles. The van der Waals surface area contributed by atoms with E-state index in [1.54, 1.807) is 36.4 Å². The number of rotatable bonds is 7. The standard InChI is InChI=1S/C28H23Cl2NO4/c1-28(2)23(16-24(30)18-11-13-20(29)14-12-18)26(28)35-27(32)34-25(17-31)19-7-6-10-22(15-19)33-21-8-4-3-5-9-21/h3-16,23,25-26H,1-2H3. The molecule has 3 unspecified atom stereocenters. The topological polar surface area (TPSA) is 68.5 Å². The molecule has 0 aliphatic heterocycles. The molecule has 0 heterocycles. The quantitative estimate of drug-likeness (QED) is 0.301. The summed E-state index contributed by atoms with van der Waals surface area (Å²) in [4.78, 5) is 12.5. The minimum Gasteiger partial charge on any atom is -0.457 e. The van der Waals surface area contributed by atoms with Crippen molar-refractivity contribution in [1.82, 2.24) is 0 Å². The second-order valence-corrected chi connectivity index (χ2v) is 9.62. The lowest BCUT2D eigenvalue weighted by molar-refractivity contribution is 0.0255. The molecule has 178 valence electrons. The van der Waals surface area contributed by atoms with Crippen LogP contribution < -0.4 is 4.74 Å². The molecule has 0 bridgehead atoms. The Labute approximate surface area is 214 Å². The molecule has 0 radical (unpaired) electrons. The number of benzene rings is 3. The minimum atomic E-state index is -1.14. The second kappa shape index (κ2) is 10.4. The fraction of sp³-hybridized carbons (Fsp3) is 0.214. The Hall–Kier alpha value is -3.46. The fourth-order valence-corrected chi connectivity index (χ4v) is 4.17. The highest BCUT2D eigenvalue weighted by Crippen LogP contribution is 2.56. The Morgan fingerprint density at radius 3 is 2.40 bits per heavy atom. The summed E-state index contributed by atoms with van der Waals surface area (Å²) in [5.41, 5.74) is 0.981. The zero-order valence-electron chi connectivity index (χ0n) is 19.2. The van der Waals surface area contributed by atoms with E-state index in [0.717, 1.165) is 5.56 Å². The molecule has 0 aromatic heterocycles. The number of nitriles is 1. The second-order valence-electron chi connectivity index (χ2n) is 8.77. The highest BCUT2D eigenvalue weighted by molar-refractivity contribution is 6.48. The van der Waals surface area contributed by atoms with Crippen LogP contribution in [0, 0.1) is 22.7 Å². The Bertz CT molecular complexity index is 1270. The minimum absolute atomic E-state index is 0.0960. The first-order valence-corrected chi connectivity index (χ1v) is 11.8. The lowest BCUT2D eigenvalue weighted by Crippen LogP contribution is -2.15. The molecular formula is C28H23Cl2NO4. The molecule has 7 heteroatoms. The van der Waals surface area contributed by atoms with Crippen LogP contribution in [0.4, 0.5) is 4.79 Å². The average Bonchev–Trinajstić information content (AvgIpc) is 3.35. The molecule has 4 rings (SSSR count). The van der Waals surface area contributed by atoms with Gasteiger partial charge in [-0.3, -0.25) is 0 Å². The smallest absolute Gasteiger partial charge is 0.457 e. The van der Waals surface area contributed by atoms with E-state index >= 15 is 0 Å². The van der Waals surface area contributed by atoms with E-state index in [4.69, 9.17) is 37.4 Å². The highest BCUT2D eigenvalue weighted by Gasteiger charge is 2.60. The Morgan fingerprint density at radius 1 is 1.03 bits per heavy atom. The van der Waals surface area contributed by atoms with Gasteiger partial charge in [0.05, 0.1) is 0 Å². The van der Waals surface area contributed by atoms with Crippen molar-refractivity contribution in [3.05, 3.63) is 101 Å². The van der Waals surface area contributed by atoms with Crippen LogP contribution in [0.2, 0.25) is 5.02 Å². The predicted octanol–water partition coefficient (Wildman–Crippen LogP) is 8.15. The van der Waals surface area contributed by atoms with Gasteiger partial charge in [-0.2, -0.15) is 5.26 Å². The number of para-hydroxylation sites is 1. The lowest BCUT2D eigenvalue weighted by Gasteiger charge is -2.13. The van der Waals surface area contributed by atoms with Gasteiger partial charge in [0.2, 0.25) is 6.10 Å². The molecule has 1 aliphatic carbocycles. The van der Waals surface area contributed by atoms with Crippen molar-refractivity contribution in [1.29, 1.82) is 5.26 Å². The third-order valence-corrected chi connectivity index (χ3v) is 6.55. The number of halogens is 2. The first-order valence-electron chi connectivity index (χ1n) is 11.0. The van der Waals surface area contributed by atoms with Gasteiger partial charge in [-0.15, -0.1) is 0 Å². The van der Waals surface area contributed by atoms with Crippen LogP contribution in [0.3, 0.4) is 0 Å². The number of hydrogen-bond acceptors (Lipinski definition) is 5. The van der Waals surface area contributed by atoms with E-state index in [0.29, 0.717) is 27.1 Å². The molecule has 5 nitrogen and oxygen atoms in total. The van der Waals surface area contributed by atoms with Crippen molar-refractivity contribution < 1.29 is 19.0 Å². The van der Waals surface area contributed by atoms with Crippen LogP contribution in [0.25, 0.3) is 5.03 Å². The molecule has 1 fully saturated rings. The Kier molecular flexibility index (Phi) is 7.35. The molecule has 3 aromatic carbocycles. The van der Waals surface area contributed by atoms with E-state index in [2.05, 4.69) is 0 Å². The van der Waals surface area contributed by atoms with Crippen LogP contribution in [0.5, 0.6) is 11.5 Å². The summed E-state index contributed by atoms with van der Waals surface area (Å²) in [5, 5.41) is 10.8. The van der Waals surface area contributed by atoms with Gasteiger partial charge in [0, 0.05) is 27.0 Å². The third-order valence-electron chi connectivity index (χ3n) is 5.95. The van der Waals surface area contributed by atoms with Crippen LogP contribution >= 0.6 is 23.2 Å². The third kappa shape index (κ3) is 5.97. The summed E-state index contributed by atoms with van der Waals surface area (Å²) in [7, 11) is 0. The number of nitrogens with zero attached hydrogens (tertiary/aromatic N) is 1. The van der Waals surface area contributed by atoms with Gasteiger partial charge in [0.25, 0.3) is 0 Å². The van der Waals surface area contributed by atoms with Gasteiger partial charge in [0.1, 0.15) is 23.7 Å². The summed E-state index contributed by atoms with van der Waals surface area (Å²) in [6.45, 7) is 3.95. The number of carbonyl (C=O) groups excluding carboxylic acids is 1. The molecule has 0 saturated heterocycles. The first-order chi connectivity index (χ1) is 16.8. The molecule has 3 aromatic rings. The summed E-state index contributed by atoms with van der Waals surface area (Å²) in [6, 6.07) is 25.3. The molecular weight excluding hydrogens is 485 g/mol. The predicted molar refractivity (Wildman–Crippen MR) is 135 cm³/mol. The van der Waals surface area contributed by atoms with Crippen molar-refractivity contribution in [2.24, 2.45) is 11.3 Å². The van der Waals surface area contributed by atoms with Gasteiger partial charge in [-0.1, -0.05) is 85.6 Å². The number of carbonyl (C=O) groups is 1. The van der Waals surface area contributed by atoms with Crippen molar-refractivity contribution in [2.45, 2.75) is 26.1 Å². The van der Waals surface area contributed by atoms with E-state index in [-0.39, 0.29) is 11.3 Å². The largest absolute Gasteiger partial charge is 0.510 e. The van der Waals surface area contributed by atoms with Crippen LogP contribution in [0.15, 0.2) is 84.9 Å². The molecule has 1 aliphatic rings. The molecule has 35 heavy (non-hydrogen) atoms. The molecule has 3 atom stereocenters. The van der Waals surface area contributed by atoms with Crippen molar-refractivity contribution in [2.75, 3.05) is 0 Å². The van der Waals surface area contributed by atoms with Crippen molar-refractivity contribution in [3.8, 4) is 17.6 Å². The molecule has 0 amide bonds. The zero-order valence-corrected chi connectivity index (χ0v) is 20.7. The Morgan fingerprint density at radius 2 is 1.71 bits per heavy atom. The van der Waals surface area contributed by atoms with Gasteiger partial charge in [0.15, 0.2) is 0 Å². The Balaban J connectivity index is 1.39. The monoisotopic (exact) mass is 507 g/mol. The molecule has 0 N–H and O–H groups in total. The summed E-state index contributed by atoms with van der Waals surface area (Å²) in [5.74, 6) is 1.09. The van der Waals surface area contributed by atoms with Gasteiger partial charge in [-0.25, -0.2) is 4.79 Å². The summed E-state index contributed by atoms with van der Waals surface area (Å²) < 4.78 is 16.7. The number of hydrogen-bond donors (Lipinski definition) is 0. The SMILES string of the molecule is CC1(C)C(C=C(Cl)c2ccc(Cl)cc2)C1OC(=O)OC(C#N)c1cccc(Oc2ccccc2)c1. The normalized spacial score (nSPS) is 19.2. The van der Waals surface area contributed by atoms with Gasteiger partial charge < -0.3 is 14.2 Å². The molecule has 0 spiro atoms. The van der Waals surface area contributed by atoms with Crippen molar-refractivity contribution in [3.63, 3.8) is 0 Å². The van der Waals surface area contributed by atoms with E-state index in [1.165, 1.54) is 0 Å². The zero-order chi connectivity index (χ0) is 25.0. The van der Waals surface area contributed by atoms with Crippen LogP contribution in [-0.2, 0) is 9.47 Å². The van der Waals surface area contributed by atoms with Gasteiger partial charge in [-0.05, 0) is 42.0 Å². The van der Waals surface area contributed by atoms with Crippen LogP contribution in [-0.4, -0.2) is 12.3 Å². The maximum atomic E-state index is 12.5. The summed E-state index contributed by atoms with van der Waals surface area (Å²) in [6.07, 6.45) is -0.615. The average molecular weight is 508 g/mol. The van der Waals surface area contributed by atoms with E-state index in [9.17, 15) is 10.1 Å². The maximum Gasteiger partial charge on any atom is 0.510 e. The van der Waals surface area contributed by atoms with E-state index < -0.39 is 18.4 Å². The van der Waals surface area contributed by atoms with Gasteiger partial charge >= 0.3 is 6.16 Å². The first kappa shape index (κ1) is 24.7. The number of ether oxygens (including phenoxy) is 3. The maximum absolute atomic E-state index is 12.5. The summed E-state index contributed by atoms with van der Waals surface area (Å²) >= 11 is 12.4.